The summed E-state index contributed by atoms with van der Waals surface area (Å²) in [5, 5.41) is 26.3. The molecule has 11 heteroatoms. The summed E-state index contributed by atoms with van der Waals surface area (Å²) in [5.41, 5.74) is 3.61. The molecule has 216 valence electrons. The lowest BCUT2D eigenvalue weighted by Gasteiger charge is -2.41. The van der Waals surface area contributed by atoms with Gasteiger partial charge in [0.2, 0.25) is 5.91 Å². The zero-order chi connectivity index (χ0) is 29.4. The van der Waals surface area contributed by atoms with Crippen LogP contribution in [0.2, 0.25) is 10.0 Å². The second-order valence-corrected chi connectivity index (χ2v) is 12.8. The minimum atomic E-state index is -1.62. The van der Waals surface area contributed by atoms with Crippen molar-refractivity contribution in [3.05, 3.63) is 69.2 Å². The van der Waals surface area contributed by atoms with Gasteiger partial charge in [-0.3, -0.25) is 14.6 Å². The summed E-state index contributed by atoms with van der Waals surface area (Å²) in [6, 6.07) is 9.55. The highest BCUT2D eigenvalue weighted by molar-refractivity contribution is 6.31. The summed E-state index contributed by atoms with van der Waals surface area (Å²) in [7, 11) is 0. The number of rotatable bonds is 7. The lowest BCUT2D eigenvalue weighted by molar-refractivity contribution is -0.120. The third kappa shape index (κ3) is 5.98. The Morgan fingerprint density at radius 2 is 1.90 bits per heavy atom. The highest BCUT2D eigenvalue weighted by Crippen LogP contribution is 2.53. The van der Waals surface area contributed by atoms with Crippen molar-refractivity contribution in [2.45, 2.75) is 56.8 Å². The van der Waals surface area contributed by atoms with Crippen LogP contribution in [0.25, 0.3) is 0 Å². The van der Waals surface area contributed by atoms with Gasteiger partial charge in [0.1, 0.15) is 23.3 Å². The van der Waals surface area contributed by atoms with Crippen LogP contribution in [0.4, 0.5) is 8.78 Å². The number of nitriles is 1. The van der Waals surface area contributed by atoms with Crippen LogP contribution in [-0.2, 0) is 10.2 Å². The Labute approximate surface area is 243 Å². The summed E-state index contributed by atoms with van der Waals surface area (Å²) < 4.78 is 31.5. The molecule has 1 amide bonds. The Balaban J connectivity index is 1.87. The molecule has 2 heterocycles. The van der Waals surface area contributed by atoms with Crippen LogP contribution in [0.3, 0.4) is 0 Å². The van der Waals surface area contributed by atoms with Gasteiger partial charge in [0.15, 0.2) is 0 Å². The molecule has 2 aliphatic rings. The number of nitrogens with one attached hydrogen (secondary N) is 1. The molecular formula is C29H35Cl2F2N5O2. The van der Waals surface area contributed by atoms with Gasteiger partial charge in [0, 0.05) is 48.7 Å². The first-order valence-electron chi connectivity index (χ1n) is 13.3. The summed E-state index contributed by atoms with van der Waals surface area (Å²) in [5.74, 6) is -2.85. The molecule has 0 aliphatic carbocycles. The molecule has 7 nitrogen and oxygen atoms in total. The van der Waals surface area contributed by atoms with Crippen LogP contribution in [0.15, 0.2) is 36.4 Å². The van der Waals surface area contributed by atoms with Gasteiger partial charge in [-0.25, -0.2) is 8.78 Å². The van der Waals surface area contributed by atoms with Gasteiger partial charge in [0.25, 0.3) is 0 Å². The maximum atomic E-state index is 15.8. The summed E-state index contributed by atoms with van der Waals surface area (Å²) in [6.45, 7) is 7.94. The maximum Gasteiger partial charge on any atom is 0.231 e. The third-order valence-electron chi connectivity index (χ3n) is 7.97. The Bertz CT molecular complexity index is 1290. The average Bonchev–Trinajstić information content (AvgIpc) is 3.18. The Hall–Kier alpha value is -2.32. The minimum Gasteiger partial charge on any atom is -0.377 e. The quantitative estimate of drug-likeness (QED) is 0.448. The molecule has 0 radical (unpaired) electrons. The van der Waals surface area contributed by atoms with Crippen molar-refractivity contribution in [3.8, 4) is 6.07 Å². The predicted molar refractivity (Wildman–Crippen MR) is 151 cm³/mol. The zero-order valence-electron chi connectivity index (χ0n) is 22.8. The first-order chi connectivity index (χ1) is 18.8. The number of nitrogens with zero attached hydrogens (tertiary/aromatic N) is 3. The van der Waals surface area contributed by atoms with Crippen molar-refractivity contribution in [3.63, 3.8) is 0 Å². The van der Waals surface area contributed by atoms with Crippen molar-refractivity contribution < 1.29 is 18.7 Å². The van der Waals surface area contributed by atoms with Crippen molar-refractivity contribution in [1.82, 2.24) is 15.1 Å². The number of aliphatic hydroxyl groups is 1. The van der Waals surface area contributed by atoms with Gasteiger partial charge < -0.3 is 16.2 Å². The van der Waals surface area contributed by atoms with Crippen molar-refractivity contribution in [2.75, 3.05) is 32.7 Å². The second kappa shape index (κ2) is 11.9. The standard InChI is InChI=1S/C29H35Cl2F2N5O2/c1-28(2,3)14-22-29(16-34,19-8-7-17(30)13-21(19)32)24(18-5-4-6-20(31)25(18)33)26(36-22)27(40)38-11-9-37(10-12-38)15-23(35)39/h4-8,13,22,24,26-27,36,40H,9-12,14-15H2,1-3H3,(H2,35,39)/t22-,24-,26+,27?,29-/m0/s1. The van der Waals surface area contributed by atoms with Crippen molar-refractivity contribution in [1.29, 1.82) is 5.26 Å². The van der Waals surface area contributed by atoms with E-state index in [-0.39, 0.29) is 33.1 Å². The number of halogens is 4. The molecule has 4 N–H and O–H groups in total. The zero-order valence-corrected chi connectivity index (χ0v) is 24.3. The number of nitrogens with two attached hydrogens (primary N) is 1. The molecule has 2 fully saturated rings. The lowest BCUT2D eigenvalue weighted by atomic mass is 9.62. The SMILES string of the molecule is CC(C)(C)C[C@@H]1N[C@@H](C(O)N2CCN(CC(N)=O)CC2)[C@H](c2cccc(Cl)c2F)[C@@]1(C#N)c1ccc(Cl)cc1F. The summed E-state index contributed by atoms with van der Waals surface area (Å²) in [6.07, 6.45) is -0.733. The summed E-state index contributed by atoms with van der Waals surface area (Å²) >= 11 is 12.3. The van der Waals surface area contributed by atoms with Crippen LogP contribution < -0.4 is 11.1 Å². The van der Waals surface area contributed by atoms with E-state index in [1.165, 1.54) is 24.3 Å². The van der Waals surface area contributed by atoms with Crippen LogP contribution in [0.1, 0.15) is 44.2 Å². The molecule has 2 aliphatic heterocycles. The molecule has 2 saturated heterocycles. The van der Waals surface area contributed by atoms with Gasteiger partial charge >= 0.3 is 0 Å². The van der Waals surface area contributed by atoms with E-state index in [0.717, 1.165) is 6.07 Å². The van der Waals surface area contributed by atoms with Crippen LogP contribution in [0.5, 0.6) is 0 Å². The Kier molecular flexibility index (Phi) is 9.10. The molecule has 40 heavy (non-hydrogen) atoms. The van der Waals surface area contributed by atoms with E-state index in [1.807, 2.05) is 30.6 Å². The number of hydrogen-bond donors (Lipinski definition) is 3. The van der Waals surface area contributed by atoms with Gasteiger partial charge in [-0.2, -0.15) is 5.26 Å². The lowest BCUT2D eigenvalue weighted by Crippen LogP contribution is -2.57. The number of amides is 1. The van der Waals surface area contributed by atoms with E-state index in [1.54, 1.807) is 6.07 Å². The normalized spacial score (nSPS) is 26.9. The van der Waals surface area contributed by atoms with Gasteiger partial charge in [-0.15, -0.1) is 0 Å². The van der Waals surface area contributed by atoms with Crippen molar-refractivity contribution in [2.24, 2.45) is 11.1 Å². The third-order valence-corrected chi connectivity index (χ3v) is 8.50. The number of hydrogen-bond acceptors (Lipinski definition) is 6. The van der Waals surface area contributed by atoms with E-state index >= 15 is 8.78 Å². The fourth-order valence-electron chi connectivity index (χ4n) is 6.27. The topological polar surface area (TPSA) is 106 Å². The van der Waals surface area contributed by atoms with Gasteiger partial charge in [0.05, 0.1) is 23.7 Å². The van der Waals surface area contributed by atoms with E-state index in [4.69, 9.17) is 28.9 Å². The first kappa shape index (κ1) is 30.6. The largest absolute Gasteiger partial charge is 0.377 e. The first-order valence-corrected chi connectivity index (χ1v) is 14.0. The molecule has 5 atom stereocenters. The van der Waals surface area contributed by atoms with Crippen LogP contribution in [-0.4, -0.2) is 71.8 Å². The van der Waals surface area contributed by atoms with E-state index in [9.17, 15) is 15.2 Å². The van der Waals surface area contributed by atoms with Gasteiger partial charge in [-0.1, -0.05) is 62.2 Å². The number of benzene rings is 2. The maximum absolute atomic E-state index is 15.8. The predicted octanol–water partition coefficient (Wildman–Crippen LogP) is 4.01. The molecule has 0 saturated carbocycles. The Morgan fingerprint density at radius 3 is 2.48 bits per heavy atom. The van der Waals surface area contributed by atoms with E-state index in [0.29, 0.717) is 32.6 Å². The van der Waals surface area contributed by atoms with E-state index in [2.05, 4.69) is 11.4 Å². The summed E-state index contributed by atoms with van der Waals surface area (Å²) in [4.78, 5) is 15.1. The molecule has 0 spiro atoms. The highest BCUT2D eigenvalue weighted by atomic mass is 35.5. The molecule has 2 aromatic rings. The Morgan fingerprint density at radius 1 is 1.23 bits per heavy atom. The second-order valence-electron chi connectivity index (χ2n) is 11.9. The van der Waals surface area contributed by atoms with Gasteiger partial charge in [-0.05, 0) is 35.6 Å². The monoisotopic (exact) mass is 593 g/mol. The van der Waals surface area contributed by atoms with E-state index < -0.39 is 47.2 Å². The number of piperazine rings is 1. The minimum absolute atomic E-state index is 0.0755. The molecule has 2 aromatic carbocycles. The number of carbonyl (C=O) groups excluding carboxylic acids is 1. The molecule has 0 aromatic heterocycles. The molecule has 1 unspecified atom stereocenters. The van der Waals surface area contributed by atoms with Crippen LogP contribution in [0, 0.1) is 28.4 Å². The number of primary amides is 1. The number of aliphatic hydroxyl groups excluding tert-OH is 1. The molecule has 4 rings (SSSR count). The number of carbonyl (C=O) groups is 1. The van der Waals surface area contributed by atoms with Crippen LogP contribution >= 0.6 is 23.2 Å². The smallest absolute Gasteiger partial charge is 0.231 e. The highest BCUT2D eigenvalue weighted by Gasteiger charge is 2.61. The fraction of sp³-hybridized carbons (Fsp3) is 0.517. The molecule has 0 bridgehead atoms. The average molecular weight is 595 g/mol. The molecular weight excluding hydrogens is 559 g/mol. The van der Waals surface area contributed by atoms with Crippen molar-refractivity contribution >= 4 is 29.1 Å². The fourth-order valence-corrected chi connectivity index (χ4v) is 6.61.